The van der Waals surface area contributed by atoms with Crippen LogP contribution < -0.4 is 4.90 Å². The van der Waals surface area contributed by atoms with Gasteiger partial charge in [-0.05, 0) is 43.9 Å². The molecule has 25 heavy (non-hydrogen) atoms. The van der Waals surface area contributed by atoms with Crippen molar-refractivity contribution >= 4 is 0 Å². The fraction of sp³-hybridized carbons (Fsp3) is 1.00. The molecule has 0 spiro atoms. The van der Waals surface area contributed by atoms with Crippen molar-refractivity contribution in [3.8, 4) is 0 Å². The van der Waals surface area contributed by atoms with Gasteiger partial charge in [0.2, 0.25) is 0 Å². The molecule has 0 aromatic heterocycles. The molecule has 3 saturated heterocycles. The second-order valence-corrected chi connectivity index (χ2v) is 9.14. The van der Waals surface area contributed by atoms with Gasteiger partial charge >= 0.3 is 0 Å². The predicted octanol–water partition coefficient (Wildman–Crippen LogP) is 0.871. The standard InChI is InChI=1S/C20H33NO4/c1-22-18-8-13-5-6-21-10-15-12(3-4-17-20(15)25-11-24-17)7-16(21)14(13)9-19(18)23-2/h12-20H,3-11H2,1-2H3/p+1. The fourth-order valence-corrected chi connectivity index (χ4v) is 7.13. The molecule has 3 heterocycles. The summed E-state index contributed by atoms with van der Waals surface area (Å²) >= 11 is 0. The highest BCUT2D eigenvalue weighted by Gasteiger charge is 2.55. The van der Waals surface area contributed by atoms with Gasteiger partial charge in [0.05, 0.1) is 43.5 Å². The molecule has 0 radical (unpaired) electrons. The molecular formula is C20H34NO4+. The van der Waals surface area contributed by atoms with Crippen molar-refractivity contribution < 1.29 is 23.8 Å². The number of methoxy groups -OCH3 is 2. The van der Waals surface area contributed by atoms with Gasteiger partial charge in [-0.2, -0.15) is 0 Å². The number of quaternary nitrogens is 1. The van der Waals surface area contributed by atoms with Gasteiger partial charge in [-0.3, -0.25) is 0 Å². The molecule has 5 rings (SSSR count). The van der Waals surface area contributed by atoms with Gasteiger partial charge in [0, 0.05) is 32.5 Å². The first-order valence-electron chi connectivity index (χ1n) is 10.4. The van der Waals surface area contributed by atoms with Crippen molar-refractivity contribution in [1.29, 1.82) is 0 Å². The van der Waals surface area contributed by atoms with Gasteiger partial charge in [-0.25, -0.2) is 0 Å². The number of rotatable bonds is 2. The van der Waals surface area contributed by atoms with E-state index in [1.165, 1.54) is 51.6 Å². The lowest BCUT2D eigenvalue weighted by atomic mass is 9.62. The van der Waals surface area contributed by atoms with E-state index in [-0.39, 0.29) is 6.10 Å². The number of hydrogen-bond acceptors (Lipinski definition) is 4. The average Bonchev–Trinajstić information content (AvgIpc) is 3.14. The van der Waals surface area contributed by atoms with Crippen LogP contribution in [0.25, 0.3) is 0 Å². The lowest BCUT2D eigenvalue weighted by Gasteiger charge is -2.54. The molecule has 0 aromatic carbocycles. The highest BCUT2D eigenvalue weighted by atomic mass is 16.7. The first-order valence-corrected chi connectivity index (χ1v) is 10.4. The van der Waals surface area contributed by atoms with Gasteiger partial charge in [0.1, 0.15) is 6.79 Å². The number of ether oxygens (including phenoxy) is 4. The lowest BCUT2D eigenvalue weighted by molar-refractivity contribution is -0.947. The molecule has 3 aliphatic heterocycles. The summed E-state index contributed by atoms with van der Waals surface area (Å²) in [6.45, 7) is 3.16. The Balaban J connectivity index is 1.33. The first-order chi connectivity index (χ1) is 12.3. The summed E-state index contributed by atoms with van der Waals surface area (Å²) in [6, 6.07) is 0.828. The van der Waals surface area contributed by atoms with Crippen molar-refractivity contribution in [2.45, 2.75) is 69.0 Å². The van der Waals surface area contributed by atoms with E-state index < -0.39 is 0 Å². The summed E-state index contributed by atoms with van der Waals surface area (Å²) in [7, 11) is 3.71. The van der Waals surface area contributed by atoms with E-state index in [0.29, 0.717) is 25.1 Å². The molecule has 0 amide bonds. The van der Waals surface area contributed by atoms with Crippen LogP contribution in [0.3, 0.4) is 0 Å². The second-order valence-electron chi connectivity index (χ2n) is 9.14. The minimum atomic E-state index is 0.283. The molecule has 142 valence electrons. The first kappa shape index (κ1) is 16.9. The summed E-state index contributed by atoms with van der Waals surface area (Å²) in [5.74, 6) is 3.22. The third-order valence-corrected chi connectivity index (χ3v) is 8.36. The van der Waals surface area contributed by atoms with Crippen LogP contribution in [-0.4, -0.2) is 64.6 Å². The molecule has 5 aliphatic rings. The SMILES string of the molecule is COC1CC2CC[NH+]3CC4C(CCC5OCOC54)CC3C2CC1OC. The molecule has 10 atom stereocenters. The van der Waals surface area contributed by atoms with Crippen LogP contribution >= 0.6 is 0 Å². The summed E-state index contributed by atoms with van der Waals surface area (Å²) in [6.07, 6.45) is 9.01. The Kier molecular flexibility index (Phi) is 4.58. The molecule has 2 aliphatic carbocycles. The van der Waals surface area contributed by atoms with E-state index in [2.05, 4.69) is 0 Å². The minimum absolute atomic E-state index is 0.283. The molecule has 5 nitrogen and oxygen atoms in total. The van der Waals surface area contributed by atoms with Crippen LogP contribution in [0.2, 0.25) is 0 Å². The van der Waals surface area contributed by atoms with Gasteiger partial charge in [0.15, 0.2) is 0 Å². The Labute approximate surface area is 151 Å². The highest BCUT2D eigenvalue weighted by molar-refractivity contribution is 4.98. The lowest BCUT2D eigenvalue weighted by Crippen LogP contribution is -3.20. The van der Waals surface area contributed by atoms with Crippen molar-refractivity contribution in [2.24, 2.45) is 23.7 Å². The summed E-state index contributed by atoms with van der Waals surface area (Å²) in [5.41, 5.74) is 0. The van der Waals surface area contributed by atoms with Crippen LogP contribution in [0, 0.1) is 23.7 Å². The number of fused-ring (bicyclic) bond motifs is 6. The van der Waals surface area contributed by atoms with E-state index in [0.717, 1.165) is 29.7 Å². The van der Waals surface area contributed by atoms with Crippen molar-refractivity contribution in [1.82, 2.24) is 0 Å². The van der Waals surface area contributed by atoms with E-state index in [1.807, 2.05) is 19.1 Å². The van der Waals surface area contributed by atoms with Crippen LogP contribution in [-0.2, 0) is 18.9 Å². The Bertz CT molecular complexity index is 488. The van der Waals surface area contributed by atoms with Gasteiger partial charge in [-0.15, -0.1) is 0 Å². The molecule has 5 heteroatoms. The maximum atomic E-state index is 6.00. The molecular weight excluding hydrogens is 318 g/mol. The van der Waals surface area contributed by atoms with E-state index >= 15 is 0 Å². The second kappa shape index (κ2) is 6.75. The quantitative estimate of drug-likeness (QED) is 0.801. The van der Waals surface area contributed by atoms with Gasteiger partial charge < -0.3 is 23.8 Å². The Morgan fingerprint density at radius 1 is 0.840 bits per heavy atom. The number of hydrogen-bond donors (Lipinski definition) is 1. The van der Waals surface area contributed by atoms with Crippen LogP contribution in [0.4, 0.5) is 0 Å². The molecule has 2 saturated carbocycles. The van der Waals surface area contributed by atoms with Crippen LogP contribution in [0.5, 0.6) is 0 Å². The van der Waals surface area contributed by atoms with E-state index in [1.54, 1.807) is 0 Å². The number of piperidine rings is 2. The Hall–Kier alpha value is -0.200. The normalized spacial score (nSPS) is 55.0. The Morgan fingerprint density at radius 3 is 2.48 bits per heavy atom. The summed E-state index contributed by atoms with van der Waals surface area (Å²) < 4.78 is 23.4. The predicted molar refractivity (Wildman–Crippen MR) is 92.4 cm³/mol. The van der Waals surface area contributed by atoms with Crippen molar-refractivity contribution in [3.63, 3.8) is 0 Å². The van der Waals surface area contributed by atoms with Crippen molar-refractivity contribution in [3.05, 3.63) is 0 Å². The topological polar surface area (TPSA) is 41.4 Å². The van der Waals surface area contributed by atoms with Crippen molar-refractivity contribution in [2.75, 3.05) is 34.1 Å². The zero-order valence-corrected chi connectivity index (χ0v) is 15.7. The maximum Gasteiger partial charge on any atom is 0.147 e. The molecule has 1 N–H and O–H groups in total. The van der Waals surface area contributed by atoms with Gasteiger partial charge in [-0.1, -0.05) is 0 Å². The zero-order chi connectivity index (χ0) is 17.0. The average molecular weight is 352 g/mol. The number of nitrogens with one attached hydrogen (secondary N) is 1. The summed E-state index contributed by atoms with van der Waals surface area (Å²) in [4.78, 5) is 1.85. The van der Waals surface area contributed by atoms with E-state index in [9.17, 15) is 0 Å². The smallest absolute Gasteiger partial charge is 0.147 e. The highest BCUT2D eigenvalue weighted by Crippen LogP contribution is 2.45. The van der Waals surface area contributed by atoms with Crippen LogP contribution in [0.15, 0.2) is 0 Å². The largest absolute Gasteiger partial charge is 0.379 e. The fourth-order valence-electron chi connectivity index (χ4n) is 7.13. The van der Waals surface area contributed by atoms with Gasteiger partial charge in [0.25, 0.3) is 0 Å². The molecule has 5 fully saturated rings. The summed E-state index contributed by atoms with van der Waals surface area (Å²) in [5, 5.41) is 0. The zero-order valence-electron chi connectivity index (χ0n) is 15.7. The monoisotopic (exact) mass is 352 g/mol. The Morgan fingerprint density at radius 2 is 1.64 bits per heavy atom. The third-order valence-electron chi connectivity index (χ3n) is 8.36. The minimum Gasteiger partial charge on any atom is -0.379 e. The maximum absolute atomic E-state index is 6.00. The molecule has 0 aromatic rings. The molecule has 10 unspecified atom stereocenters. The molecule has 0 bridgehead atoms. The van der Waals surface area contributed by atoms with E-state index in [4.69, 9.17) is 18.9 Å². The third kappa shape index (κ3) is 2.78. The van der Waals surface area contributed by atoms with Crippen LogP contribution in [0.1, 0.15) is 38.5 Å².